The molecule has 1 heterocycles. The lowest BCUT2D eigenvalue weighted by Crippen LogP contribution is -2.14. The standard InChI is InChI=1S/C19H16NOPS/c21-18(13-7-2-1-3-8-13)20-19-17(22)16-14-9-5-4-6-12(14)10-11-15(16)23-19/h1-9H,10-11,22H2,(H,20,21). The molecule has 3 aromatic rings. The number of aryl methyl sites for hydroxylation is 2. The number of amides is 1. The third-order valence-electron chi connectivity index (χ3n) is 4.19. The first-order valence-electron chi connectivity index (χ1n) is 7.60. The summed E-state index contributed by atoms with van der Waals surface area (Å²) >= 11 is 1.70. The van der Waals surface area contributed by atoms with E-state index in [0.717, 1.165) is 23.1 Å². The SMILES string of the molecule is O=C(Nc1sc2c(c1P)-c1ccccc1CC2)c1ccccc1. The summed E-state index contributed by atoms with van der Waals surface area (Å²) in [5.41, 5.74) is 4.66. The number of nitrogens with one attached hydrogen (secondary N) is 1. The van der Waals surface area contributed by atoms with Crippen LogP contribution in [0.25, 0.3) is 11.1 Å². The molecule has 0 fully saturated rings. The van der Waals surface area contributed by atoms with E-state index in [2.05, 4.69) is 38.8 Å². The van der Waals surface area contributed by atoms with Crippen LogP contribution in [0.3, 0.4) is 0 Å². The van der Waals surface area contributed by atoms with Crippen molar-refractivity contribution in [2.75, 3.05) is 5.32 Å². The predicted octanol–water partition coefficient (Wildman–Crippen LogP) is 4.27. The van der Waals surface area contributed by atoms with Gasteiger partial charge in [0.05, 0.1) is 0 Å². The molecule has 114 valence electrons. The van der Waals surface area contributed by atoms with Crippen LogP contribution in [0.5, 0.6) is 0 Å². The van der Waals surface area contributed by atoms with E-state index in [0.29, 0.717) is 5.56 Å². The maximum atomic E-state index is 12.4. The monoisotopic (exact) mass is 337 g/mol. The smallest absolute Gasteiger partial charge is 0.256 e. The van der Waals surface area contributed by atoms with Gasteiger partial charge in [-0.2, -0.15) is 0 Å². The topological polar surface area (TPSA) is 29.1 Å². The lowest BCUT2D eigenvalue weighted by atomic mass is 9.91. The van der Waals surface area contributed by atoms with E-state index >= 15 is 0 Å². The van der Waals surface area contributed by atoms with Crippen LogP contribution in [0.1, 0.15) is 20.8 Å². The van der Waals surface area contributed by atoms with Crippen LogP contribution < -0.4 is 10.6 Å². The molecular formula is C19H16NOPS. The van der Waals surface area contributed by atoms with Crippen molar-refractivity contribution in [1.82, 2.24) is 0 Å². The van der Waals surface area contributed by atoms with Gasteiger partial charge < -0.3 is 5.32 Å². The average Bonchev–Trinajstić information content (AvgIpc) is 2.92. The molecular weight excluding hydrogens is 321 g/mol. The first-order valence-corrected chi connectivity index (χ1v) is 8.99. The van der Waals surface area contributed by atoms with Crippen LogP contribution in [0.4, 0.5) is 5.00 Å². The van der Waals surface area contributed by atoms with Gasteiger partial charge in [-0.05, 0) is 36.1 Å². The molecule has 1 aliphatic rings. The number of rotatable bonds is 2. The second-order valence-corrected chi connectivity index (χ2v) is 7.30. The number of benzene rings is 2. The quantitative estimate of drug-likeness (QED) is 0.695. The van der Waals surface area contributed by atoms with Gasteiger partial charge in [-0.15, -0.1) is 20.6 Å². The average molecular weight is 337 g/mol. The molecule has 0 spiro atoms. The van der Waals surface area contributed by atoms with Crippen LogP contribution in [-0.4, -0.2) is 5.91 Å². The third-order valence-corrected chi connectivity index (χ3v) is 6.16. The van der Waals surface area contributed by atoms with Crippen molar-refractivity contribution in [3.8, 4) is 11.1 Å². The number of carbonyl (C=O) groups is 1. The van der Waals surface area contributed by atoms with E-state index < -0.39 is 0 Å². The predicted molar refractivity (Wildman–Crippen MR) is 101 cm³/mol. The van der Waals surface area contributed by atoms with E-state index in [1.54, 1.807) is 11.3 Å². The highest BCUT2D eigenvalue weighted by Crippen LogP contribution is 2.40. The van der Waals surface area contributed by atoms with Gasteiger partial charge in [0.1, 0.15) is 5.00 Å². The van der Waals surface area contributed by atoms with Gasteiger partial charge in [-0.3, -0.25) is 4.79 Å². The van der Waals surface area contributed by atoms with Gasteiger partial charge in [0.15, 0.2) is 0 Å². The second-order valence-electron chi connectivity index (χ2n) is 5.62. The molecule has 2 aromatic carbocycles. The van der Waals surface area contributed by atoms with E-state index in [1.165, 1.54) is 21.6 Å². The zero-order valence-electron chi connectivity index (χ0n) is 12.5. The molecule has 4 rings (SSSR count). The fraction of sp³-hybridized carbons (Fsp3) is 0.105. The third kappa shape index (κ3) is 2.60. The Balaban J connectivity index is 1.71. The van der Waals surface area contributed by atoms with Crippen molar-refractivity contribution < 1.29 is 4.79 Å². The fourth-order valence-corrected chi connectivity index (χ4v) is 4.86. The van der Waals surface area contributed by atoms with E-state index in [1.807, 2.05) is 30.3 Å². The number of carbonyl (C=O) groups excluding carboxylic acids is 1. The Morgan fingerprint density at radius 1 is 1.00 bits per heavy atom. The Morgan fingerprint density at radius 2 is 1.74 bits per heavy atom. The second kappa shape index (κ2) is 5.92. The first kappa shape index (κ1) is 14.6. The van der Waals surface area contributed by atoms with Crippen molar-refractivity contribution >= 4 is 36.8 Å². The largest absolute Gasteiger partial charge is 0.313 e. The van der Waals surface area contributed by atoms with Crippen LogP contribution in [0.2, 0.25) is 0 Å². The molecule has 2 nitrogen and oxygen atoms in total. The Bertz CT molecular complexity index is 886. The summed E-state index contributed by atoms with van der Waals surface area (Å²) in [6.07, 6.45) is 2.11. The normalized spacial score (nSPS) is 12.4. The van der Waals surface area contributed by atoms with E-state index in [9.17, 15) is 4.79 Å². The van der Waals surface area contributed by atoms with E-state index in [-0.39, 0.29) is 5.91 Å². The molecule has 1 atom stereocenters. The van der Waals surface area contributed by atoms with Gasteiger partial charge in [-0.25, -0.2) is 0 Å². The van der Waals surface area contributed by atoms with Gasteiger partial charge in [0, 0.05) is 21.3 Å². The molecule has 4 heteroatoms. The van der Waals surface area contributed by atoms with Crippen LogP contribution in [0.15, 0.2) is 54.6 Å². The lowest BCUT2D eigenvalue weighted by Gasteiger charge is -2.16. The Kier molecular flexibility index (Phi) is 3.76. The number of hydrogen-bond acceptors (Lipinski definition) is 2. The minimum absolute atomic E-state index is 0.0545. The first-order chi connectivity index (χ1) is 11.2. The molecule has 1 N–H and O–H groups in total. The van der Waals surface area contributed by atoms with Gasteiger partial charge in [0.25, 0.3) is 5.91 Å². The zero-order valence-corrected chi connectivity index (χ0v) is 14.5. The Hall–Kier alpha value is -1.96. The van der Waals surface area contributed by atoms with Crippen molar-refractivity contribution in [2.45, 2.75) is 12.8 Å². The number of hydrogen-bond donors (Lipinski definition) is 1. The molecule has 1 aromatic heterocycles. The molecule has 0 aliphatic heterocycles. The molecule has 23 heavy (non-hydrogen) atoms. The van der Waals surface area contributed by atoms with Crippen molar-refractivity contribution in [1.29, 1.82) is 0 Å². The number of anilines is 1. The molecule has 1 unspecified atom stereocenters. The highest BCUT2D eigenvalue weighted by molar-refractivity contribution is 7.33. The highest BCUT2D eigenvalue weighted by atomic mass is 32.1. The number of fused-ring (bicyclic) bond motifs is 3. The van der Waals surface area contributed by atoms with Crippen LogP contribution in [-0.2, 0) is 12.8 Å². The number of thiophene rings is 1. The van der Waals surface area contributed by atoms with Crippen LogP contribution >= 0.6 is 20.6 Å². The summed E-state index contributed by atoms with van der Waals surface area (Å²) in [5.74, 6) is -0.0545. The molecule has 0 saturated heterocycles. The summed E-state index contributed by atoms with van der Waals surface area (Å²) in [6.45, 7) is 0. The summed E-state index contributed by atoms with van der Waals surface area (Å²) in [6, 6.07) is 17.9. The van der Waals surface area contributed by atoms with Crippen molar-refractivity contribution in [3.05, 3.63) is 70.6 Å². The fourth-order valence-electron chi connectivity index (χ4n) is 3.05. The Labute approximate surface area is 141 Å². The molecule has 0 saturated carbocycles. The van der Waals surface area contributed by atoms with Crippen LogP contribution in [0, 0.1) is 0 Å². The molecule has 0 radical (unpaired) electrons. The zero-order chi connectivity index (χ0) is 15.8. The van der Waals surface area contributed by atoms with E-state index in [4.69, 9.17) is 0 Å². The maximum Gasteiger partial charge on any atom is 0.256 e. The lowest BCUT2D eigenvalue weighted by molar-refractivity contribution is 0.102. The van der Waals surface area contributed by atoms with Crippen molar-refractivity contribution in [2.24, 2.45) is 0 Å². The van der Waals surface area contributed by atoms with Crippen molar-refractivity contribution in [3.63, 3.8) is 0 Å². The minimum atomic E-state index is -0.0545. The molecule has 1 amide bonds. The van der Waals surface area contributed by atoms with Gasteiger partial charge in [-0.1, -0.05) is 42.5 Å². The molecule has 0 bridgehead atoms. The summed E-state index contributed by atoms with van der Waals surface area (Å²) < 4.78 is 0. The van der Waals surface area contributed by atoms with Gasteiger partial charge in [0.2, 0.25) is 0 Å². The summed E-state index contributed by atoms with van der Waals surface area (Å²) in [7, 11) is 2.82. The summed E-state index contributed by atoms with van der Waals surface area (Å²) in [5, 5.41) is 5.11. The summed E-state index contributed by atoms with van der Waals surface area (Å²) in [4.78, 5) is 13.8. The Morgan fingerprint density at radius 3 is 2.57 bits per heavy atom. The highest BCUT2D eigenvalue weighted by Gasteiger charge is 2.23. The molecule has 1 aliphatic carbocycles. The van der Waals surface area contributed by atoms with Gasteiger partial charge >= 0.3 is 0 Å². The maximum absolute atomic E-state index is 12.4. The minimum Gasteiger partial charge on any atom is -0.313 e.